The number of aryl methyl sites for hydroxylation is 3. The molecule has 3 aromatic rings. The van der Waals surface area contributed by atoms with Crippen molar-refractivity contribution in [2.45, 2.75) is 19.3 Å². The Morgan fingerprint density at radius 2 is 2.25 bits per heavy atom. The molecule has 7 nitrogen and oxygen atoms in total. The van der Waals surface area contributed by atoms with Gasteiger partial charge in [0.25, 0.3) is 5.56 Å². The van der Waals surface area contributed by atoms with Crippen LogP contribution >= 0.6 is 0 Å². The zero-order valence-corrected chi connectivity index (χ0v) is 11.1. The number of aromatic amines is 1. The van der Waals surface area contributed by atoms with Crippen LogP contribution in [-0.2, 0) is 19.9 Å². The largest absolute Gasteiger partial charge is 0.296 e. The number of tetrazole rings is 1. The number of fused-ring (bicyclic) bond motifs is 1. The summed E-state index contributed by atoms with van der Waals surface area (Å²) >= 11 is 0. The molecule has 102 valence electrons. The number of hydrogen-bond donors (Lipinski definition) is 1. The Hall–Kier alpha value is -2.57. The van der Waals surface area contributed by atoms with Crippen LogP contribution in [-0.4, -0.2) is 30.2 Å². The van der Waals surface area contributed by atoms with Crippen molar-refractivity contribution >= 4 is 11.0 Å². The summed E-state index contributed by atoms with van der Waals surface area (Å²) in [6.07, 6.45) is 3.88. The topological polar surface area (TPSA) is 89.4 Å². The van der Waals surface area contributed by atoms with Gasteiger partial charge in [0.1, 0.15) is 5.65 Å². The van der Waals surface area contributed by atoms with E-state index < -0.39 is 0 Å². The standard InChI is InChI=1S/C13H14N6O/c1-19-12-9(5-3-7-14-12)8-10(13(19)20)4-2-6-11-15-17-18-16-11/h3,5,7-8H,2,4,6H2,1H3,(H,15,16,17,18). The van der Waals surface area contributed by atoms with Gasteiger partial charge >= 0.3 is 0 Å². The van der Waals surface area contributed by atoms with E-state index in [1.165, 1.54) is 0 Å². The summed E-state index contributed by atoms with van der Waals surface area (Å²) in [5, 5.41) is 14.7. The Balaban J connectivity index is 1.84. The molecular formula is C13H14N6O. The number of H-pyrrole nitrogens is 1. The number of nitrogens with zero attached hydrogens (tertiary/aromatic N) is 5. The first-order chi connectivity index (χ1) is 9.75. The van der Waals surface area contributed by atoms with Gasteiger partial charge in [0.15, 0.2) is 5.82 Å². The minimum absolute atomic E-state index is 0.00399. The molecular weight excluding hydrogens is 256 g/mol. The van der Waals surface area contributed by atoms with Crippen molar-refractivity contribution in [2.24, 2.45) is 7.05 Å². The molecule has 0 aliphatic rings. The van der Waals surface area contributed by atoms with Crippen molar-refractivity contribution in [3.63, 3.8) is 0 Å². The lowest BCUT2D eigenvalue weighted by atomic mass is 10.1. The highest BCUT2D eigenvalue weighted by Gasteiger charge is 2.08. The normalized spacial score (nSPS) is 11.1. The van der Waals surface area contributed by atoms with Gasteiger partial charge in [-0.3, -0.25) is 9.36 Å². The van der Waals surface area contributed by atoms with Crippen LogP contribution in [0, 0.1) is 0 Å². The van der Waals surface area contributed by atoms with Crippen molar-refractivity contribution in [2.75, 3.05) is 0 Å². The van der Waals surface area contributed by atoms with Gasteiger partial charge in [-0.1, -0.05) is 5.21 Å². The van der Waals surface area contributed by atoms with Gasteiger partial charge in [0.2, 0.25) is 0 Å². The van der Waals surface area contributed by atoms with Gasteiger partial charge in [-0.25, -0.2) is 4.98 Å². The average Bonchev–Trinajstić information content (AvgIpc) is 2.97. The molecule has 3 rings (SSSR count). The summed E-state index contributed by atoms with van der Waals surface area (Å²) in [5.74, 6) is 0.671. The van der Waals surface area contributed by atoms with Gasteiger partial charge in [-0.2, -0.15) is 5.21 Å². The third-order valence-corrected chi connectivity index (χ3v) is 3.28. The van der Waals surface area contributed by atoms with Crippen LogP contribution in [0.4, 0.5) is 0 Å². The first-order valence-electron chi connectivity index (χ1n) is 6.41. The van der Waals surface area contributed by atoms with E-state index >= 15 is 0 Å². The van der Waals surface area contributed by atoms with Crippen molar-refractivity contribution in [1.29, 1.82) is 0 Å². The maximum Gasteiger partial charge on any atom is 0.255 e. The van der Waals surface area contributed by atoms with Crippen LogP contribution in [0.1, 0.15) is 17.8 Å². The van der Waals surface area contributed by atoms with Crippen LogP contribution < -0.4 is 5.56 Å². The number of pyridine rings is 2. The molecule has 0 saturated heterocycles. The van der Waals surface area contributed by atoms with E-state index in [1.54, 1.807) is 17.8 Å². The molecule has 0 bridgehead atoms. The second-order valence-corrected chi connectivity index (χ2v) is 4.63. The third-order valence-electron chi connectivity index (χ3n) is 3.28. The van der Waals surface area contributed by atoms with Crippen LogP contribution in [0.2, 0.25) is 0 Å². The SMILES string of the molecule is Cn1c(=O)c(CCCc2nn[nH]n2)cc2cccnc21. The third kappa shape index (κ3) is 2.29. The fraction of sp³-hybridized carbons (Fsp3) is 0.308. The summed E-state index contributed by atoms with van der Waals surface area (Å²) in [7, 11) is 1.75. The molecule has 0 fully saturated rings. The summed E-state index contributed by atoms with van der Waals surface area (Å²) < 4.78 is 1.60. The highest BCUT2D eigenvalue weighted by Crippen LogP contribution is 2.11. The minimum atomic E-state index is 0.00399. The molecule has 0 saturated carbocycles. The van der Waals surface area contributed by atoms with Crippen LogP contribution in [0.25, 0.3) is 11.0 Å². The quantitative estimate of drug-likeness (QED) is 0.750. The minimum Gasteiger partial charge on any atom is -0.296 e. The van der Waals surface area contributed by atoms with Gasteiger partial charge < -0.3 is 0 Å². The van der Waals surface area contributed by atoms with E-state index in [4.69, 9.17) is 0 Å². The van der Waals surface area contributed by atoms with Crippen LogP contribution in [0.15, 0.2) is 29.2 Å². The van der Waals surface area contributed by atoms with Crippen molar-refractivity contribution in [1.82, 2.24) is 30.2 Å². The second-order valence-electron chi connectivity index (χ2n) is 4.63. The fourth-order valence-electron chi connectivity index (χ4n) is 2.27. The molecule has 3 aromatic heterocycles. The number of hydrogen-bond acceptors (Lipinski definition) is 5. The van der Waals surface area contributed by atoms with E-state index in [0.29, 0.717) is 24.3 Å². The van der Waals surface area contributed by atoms with Crippen LogP contribution in [0.3, 0.4) is 0 Å². The molecule has 0 aliphatic heterocycles. The lowest BCUT2D eigenvalue weighted by Gasteiger charge is -2.07. The summed E-state index contributed by atoms with van der Waals surface area (Å²) in [4.78, 5) is 16.5. The Labute approximate surface area is 114 Å². The molecule has 7 heteroatoms. The van der Waals surface area contributed by atoms with Crippen LogP contribution in [0.5, 0.6) is 0 Å². The Bertz CT molecular complexity index is 777. The Kier molecular flexibility index (Phi) is 3.24. The van der Waals surface area contributed by atoms with E-state index in [2.05, 4.69) is 25.6 Å². The summed E-state index contributed by atoms with van der Waals surface area (Å²) in [6.45, 7) is 0. The maximum absolute atomic E-state index is 12.2. The van der Waals surface area contributed by atoms with E-state index in [9.17, 15) is 4.79 Å². The molecule has 1 N–H and O–H groups in total. The molecule has 0 aliphatic carbocycles. The fourth-order valence-corrected chi connectivity index (χ4v) is 2.27. The van der Waals surface area contributed by atoms with Crippen molar-refractivity contribution in [3.8, 4) is 0 Å². The first kappa shape index (κ1) is 12.5. The van der Waals surface area contributed by atoms with E-state index in [-0.39, 0.29) is 5.56 Å². The van der Waals surface area contributed by atoms with Crippen molar-refractivity contribution in [3.05, 3.63) is 46.1 Å². The molecule has 3 heterocycles. The number of rotatable bonds is 4. The molecule has 0 radical (unpaired) electrons. The Morgan fingerprint density at radius 1 is 1.35 bits per heavy atom. The van der Waals surface area contributed by atoms with Crippen molar-refractivity contribution < 1.29 is 0 Å². The monoisotopic (exact) mass is 270 g/mol. The van der Waals surface area contributed by atoms with Gasteiger partial charge in [0.05, 0.1) is 0 Å². The summed E-state index contributed by atoms with van der Waals surface area (Å²) in [5.41, 5.74) is 1.50. The predicted octanol–water partition coefficient (Wildman–Crippen LogP) is 0.622. The molecule has 0 aromatic carbocycles. The zero-order valence-electron chi connectivity index (χ0n) is 11.1. The smallest absolute Gasteiger partial charge is 0.255 e. The van der Waals surface area contributed by atoms with E-state index in [0.717, 1.165) is 17.4 Å². The average molecular weight is 270 g/mol. The summed E-state index contributed by atoms with van der Waals surface area (Å²) in [6, 6.07) is 5.75. The second kappa shape index (κ2) is 5.20. The van der Waals surface area contributed by atoms with E-state index in [1.807, 2.05) is 18.2 Å². The molecule has 0 atom stereocenters. The first-order valence-corrected chi connectivity index (χ1v) is 6.41. The molecule has 20 heavy (non-hydrogen) atoms. The number of aromatic nitrogens is 6. The number of nitrogens with one attached hydrogen (secondary N) is 1. The molecule has 0 spiro atoms. The van der Waals surface area contributed by atoms with Gasteiger partial charge in [-0.15, -0.1) is 10.2 Å². The predicted molar refractivity (Wildman–Crippen MR) is 73.2 cm³/mol. The molecule has 0 amide bonds. The zero-order chi connectivity index (χ0) is 13.9. The van der Waals surface area contributed by atoms with Gasteiger partial charge in [0, 0.05) is 30.6 Å². The highest BCUT2D eigenvalue weighted by molar-refractivity contribution is 5.75. The highest BCUT2D eigenvalue weighted by atomic mass is 16.1. The lowest BCUT2D eigenvalue weighted by Crippen LogP contribution is -2.22. The maximum atomic E-state index is 12.2. The lowest BCUT2D eigenvalue weighted by molar-refractivity contribution is 0.755. The molecule has 0 unspecified atom stereocenters. The Morgan fingerprint density at radius 3 is 3.05 bits per heavy atom. The van der Waals surface area contributed by atoms with Gasteiger partial charge in [-0.05, 0) is 31.0 Å².